The predicted molar refractivity (Wildman–Crippen MR) is 227 cm³/mol. The van der Waals surface area contributed by atoms with Crippen molar-refractivity contribution in [2.45, 2.75) is 13.8 Å². The molecule has 0 bridgehead atoms. The van der Waals surface area contributed by atoms with Crippen LogP contribution in [-0.2, 0) is 14.1 Å². The molecule has 2 aromatic heterocycles. The van der Waals surface area contributed by atoms with Gasteiger partial charge in [-0.15, -0.1) is 0 Å². The lowest BCUT2D eigenvalue weighted by molar-refractivity contribution is 0.886. The molecule has 0 radical (unpaired) electrons. The molecule has 0 saturated carbocycles. The number of imidazole rings is 2. The molecule has 4 heteroatoms. The van der Waals surface area contributed by atoms with Gasteiger partial charge in [-0.25, -0.2) is 9.97 Å². The van der Waals surface area contributed by atoms with Crippen LogP contribution in [0.15, 0.2) is 158 Å². The van der Waals surface area contributed by atoms with Gasteiger partial charge in [-0.3, -0.25) is 0 Å². The molecule has 0 atom stereocenters. The number of hydrogen-bond acceptors (Lipinski definition) is 2. The highest BCUT2D eigenvalue weighted by molar-refractivity contribution is 6.22. The van der Waals surface area contributed by atoms with Crippen molar-refractivity contribution in [3.05, 3.63) is 169 Å². The topological polar surface area (TPSA) is 35.6 Å². The number of fused-ring (bicyclic) bond motifs is 4. The maximum atomic E-state index is 4.85. The van der Waals surface area contributed by atoms with E-state index in [1.165, 1.54) is 71.6 Å². The average Bonchev–Trinajstić information content (AvgIpc) is 3.67. The minimum Gasteiger partial charge on any atom is -0.331 e. The monoisotopic (exact) mass is 694 g/mol. The molecule has 8 aromatic carbocycles. The van der Waals surface area contributed by atoms with Gasteiger partial charge in [-0.2, -0.15) is 0 Å². The van der Waals surface area contributed by atoms with Gasteiger partial charge in [0.05, 0.1) is 22.1 Å². The summed E-state index contributed by atoms with van der Waals surface area (Å²) in [5.74, 6) is 2.03. The highest BCUT2D eigenvalue weighted by atomic mass is 15.1. The number of rotatable bonds is 5. The molecule has 10 aromatic rings. The van der Waals surface area contributed by atoms with Crippen molar-refractivity contribution in [2.75, 3.05) is 0 Å². The summed E-state index contributed by atoms with van der Waals surface area (Å²) in [6.45, 7) is 4.11. The summed E-state index contributed by atoms with van der Waals surface area (Å²) in [6, 6.07) is 57.9. The molecule has 0 fully saturated rings. The first kappa shape index (κ1) is 31.9. The summed E-state index contributed by atoms with van der Waals surface area (Å²) in [4.78, 5) is 9.62. The van der Waals surface area contributed by atoms with E-state index in [1.807, 2.05) is 0 Å². The Kier molecular flexibility index (Phi) is 7.34. The Hall–Kier alpha value is -6.78. The first-order valence-corrected chi connectivity index (χ1v) is 18.5. The van der Waals surface area contributed by atoms with Crippen molar-refractivity contribution in [1.82, 2.24) is 19.1 Å². The third kappa shape index (κ3) is 5.14. The van der Waals surface area contributed by atoms with Crippen LogP contribution >= 0.6 is 0 Å². The molecule has 0 spiro atoms. The van der Waals surface area contributed by atoms with Crippen molar-refractivity contribution in [3.8, 4) is 55.6 Å². The maximum absolute atomic E-state index is 4.85. The van der Waals surface area contributed by atoms with Crippen molar-refractivity contribution in [1.29, 1.82) is 0 Å². The fourth-order valence-electron chi connectivity index (χ4n) is 8.27. The molecule has 4 nitrogen and oxygen atoms in total. The second kappa shape index (κ2) is 12.4. The first-order chi connectivity index (χ1) is 26.4. The number of hydrogen-bond donors (Lipinski definition) is 0. The van der Waals surface area contributed by atoms with Gasteiger partial charge in [0, 0.05) is 14.1 Å². The van der Waals surface area contributed by atoms with Crippen LogP contribution in [0.3, 0.4) is 0 Å². The van der Waals surface area contributed by atoms with Gasteiger partial charge in [-0.05, 0) is 127 Å². The summed E-state index contributed by atoms with van der Waals surface area (Å²) < 4.78 is 4.29. The summed E-state index contributed by atoms with van der Waals surface area (Å²) in [5.41, 5.74) is 16.3. The lowest BCUT2D eigenvalue weighted by Gasteiger charge is -2.19. The Balaban J connectivity index is 1.17. The highest BCUT2D eigenvalue weighted by Gasteiger charge is 2.19. The molecule has 0 aliphatic rings. The molecular weight excluding hydrogens is 657 g/mol. The number of aromatic nitrogens is 4. The van der Waals surface area contributed by atoms with Gasteiger partial charge in [0.25, 0.3) is 0 Å². The Morgan fingerprint density at radius 1 is 0.333 bits per heavy atom. The molecule has 0 amide bonds. The average molecular weight is 695 g/mol. The minimum absolute atomic E-state index is 1.01. The van der Waals surface area contributed by atoms with Gasteiger partial charge in [0.1, 0.15) is 11.6 Å². The van der Waals surface area contributed by atoms with E-state index in [0.717, 1.165) is 39.3 Å². The second-order valence-electron chi connectivity index (χ2n) is 14.4. The zero-order chi connectivity index (χ0) is 36.5. The molecule has 2 heterocycles. The van der Waals surface area contributed by atoms with E-state index in [2.05, 4.69) is 195 Å². The van der Waals surface area contributed by atoms with Crippen molar-refractivity contribution in [3.63, 3.8) is 0 Å². The number of aryl methyl sites for hydroxylation is 4. The molecule has 0 aliphatic heterocycles. The Morgan fingerprint density at radius 2 is 0.685 bits per heavy atom. The van der Waals surface area contributed by atoms with Crippen LogP contribution < -0.4 is 0 Å². The van der Waals surface area contributed by atoms with Crippen LogP contribution in [0.5, 0.6) is 0 Å². The van der Waals surface area contributed by atoms with E-state index in [0.29, 0.717) is 0 Å². The molecule has 258 valence electrons. The van der Waals surface area contributed by atoms with Gasteiger partial charge in [-0.1, -0.05) is 121 Å². The van der Waals surface area contributed by atoms with Crippen LogP contribution in [0.25, 0.3) is 99.2 Å². The SMILES string of the molecule is Cc1nc2cc(-c3ccc(-c4ccc5c(-c6ccccc6)c6cc(-c7ccc8c(c7)nc(C)n8C)ccc6c(-c6ccccc6)c5c4)cc3)ccc2n1C. The van der Waals surface area contributed by atoms with Crippen molar-refractivity contribution in [2.24, 2.45) is 14.1 Å². The fraction of sp³-hybridized carbons (Fsp3) is 0.0800. The van der Waals surface area contributed by atoms with E-state index >= 15 is 0 Å². The lowest BCUT2D eigenvalue weighted by Crippen LogP contribution is -1.93. The third-order valence-corrected chi connectivity index (χ3v) is 11.3. The normalized spacial score (nSPS) is 11.7. The van der Waals surface area contributed by atoms with Crippen molar-refractivity contribution < 1.29 is 0 Å². The quantitative estimate of drug-likeness (QED) is 0.168. The maximum Gasteiger partial charge on any atom is 0.106 e. The summed E-state index contributed by atoms with van der Waals surface area (Å²) in [5, 5.41) is 4.95. The van der Waals surface area contributed by atoms with E-state index in [4.69, 9.17) is 9.97 Å². The third-order valence-electron chi connectivity index (χ3n) is 11.3. The van der Waals surface area contributed by atoms with Crippen LogP contribution in [-0.4, -0.2) is 19.1 Å². The molecule has 0 saturated heterocycles. The van der Waals surface area contributed by atoms with E-state index in [9.17, 15) is 0 Å². The molecule has 10 rings (SSSR count). The number of benzene rings is 8. The van der Waals surface area contributed by atoms with Crippen LogP contribution in [0, 0.1) is 13.8 Å². The smallest absolute Gasteiger partial charge is 0.106 e. The summed E-state index contributed by atoms with van der Waals surface area (Å²) >= 11 is 0. The molecule has 0 N–H and O–H groups in total. The summed E-state index contributed by atoms with van der Waals surface area (Å²) in [7, 11) is 4.15. The fourth-order valence-corrected chi connectivity index (χ4v) is 8.27. The Labute approximate surface area is 314 Å². The summed E-state index contributed by atoms with van der Waals surface area (Å²) in [6.07, 6.45) is 0. The first-order valence-electron chi connectivity index (χ1n) is 18.5. The molecule has 0 unspecified atom stereocenters. The highest BCUT2D eigenvalue weighted by Crippen LogP contribution is 2.46. The standard InChI is InChI=1S/C50H38N4/c1-31-51-45-29-39(21-25-47(45)53(31)3)34-17-15-33(16-18-34)37-19-23-41-43(27-37)49(35-11-7-5-8-12-35)42-24-20-38(28-44(42)50(41)36-13-9-6-10-14-36)40-22-26-48-46(30-40)52-32(2)54(48)4/h5-30H,1-4H3. The molecule has 0 aliphatic carbocycles. The molecular formula is C50H38N4. The second-order valence-corrected chi connectivity index (χ2v) is 14.4. The van der Waals surface area contributed by atoms with E-state index in [1.54, 1.807) is 0 Å². The Bertz CT molecular complexity index is 3060. The van der Waals surface area contributed by atoms with Crippen LogP contribution in [0.2, 0.25) is 0 Å². The lowest BCUT2D eigenvalue weighted by atomic mass is 9.84. The number of nitrogens with zero attached hydrogens (tertiary/aromatic N) is 4. The van der Waals surface area contributed by atoms with Gasteiger partial charge >= 0.3 is 0 Å². The Morgan fingerprint density at radius 3 is 1.13 bits per heavy atom. The van der Waals surface area contributed by atoms with Crippen molar-refractivity contribution >= 4 is 43.6 Å². The van der Waals surface area contributed by atoms with Gasteiger partial charge < -0.3 is 9.13 Å². The van der Waals surface area contributed by atoms with E-state index in [-0.39, 0.29) is 0 Å². The molecule has 54 heavy (non-hydrogen) atoms. The largest absolute Gasteiger partial charge is 0.331 e. The van der Waals surface area contributed by atoms with Gasteiger partial charge in [0.2, 0.25) is 0 Å². The predicted octanol–water partition coefficient (Wildman–Crippen LogP) is 12.7. The van der Waals surface area contributed by atoms with Crippen LogP contribution in [0.1, 0.15) is 11.6 Å². The zero-order valence-electron chi connectivity index (χ0n) is 30.8. The van der Waals surface area contributed by atoms with E-state index < -0.39 is 0 Å². The zero-order valence-corrected chi connectivity index (χ0v) is 30.8. The minimum atomic E-state index is 1.01. The van der Waals surface area contributed by atoms with Gasteiger partial charge in [0.15, 0.2) is 0 Å². The van der Waals surface area contributed by atoms with Crippen LogP contribution in [0.4, 0.5) is 0 Å².